The van der Waals surface area contributed by atoms with E-state index >= 15 is 0 Å². The van der Waals surface area contributed by atoms with Crippen molar-refractivity contribution in [2.45, 2.75) is 12.3 Å². The van der Waals surface area contributed by atoms with Crippen LogP contribution in [0.3, 0.4) is 0 Å². The molecule has 4 heterocycles. The van der Waals surface area contributed by atoms with Gasteiger partial charge in [0.15, 0.2) is 0 Å². The lowest BCUT2D eigenvalue weighted by Gasteiger charge is -2.27. The third-order valence-corrected chi connectivity index (χ3v) is 10.2. The van der Waals surface area contributed by atoms with Crippen molar-refractivity contribution in [3.8, 4) is 11.1 Å². The molecule has 0 fully saturated rings. The van der Waals surface area contributed by atoms with Crippen molar-refractivity contribution in [1.29, 1.82) is 0 Å². The summed E-state index contributed by atoms with van der Waals surface area (Å²) in [5.41, 5.74) is 12.1. The molecule has 0 saturated heterocycles. The van der Waals surface area contributed by atoms with Gasteiger partial charge in [0, 0.05) is 34.2 Å². The van der Waals surface area contributed by atoms with Crippen LogP contribution in [0.2, 0.25) is 0 Å². The minimum absolute atomic E-state index is 0.110. The van der Waals surface area contributed by atoms with E-state index in [1.807, 2.05) is 30.6 Å². The number of H-pyrrole nitrogens is 1. The van der Waals surface area contributed by atoms with E-state index in [0.29, 0.717) is 0 Å². The standard InChI is InChI=1S/C46H34N6/c1-3-11-32(12-4-1)39-29-40(50-45(49-39)34-13-5-2-6-14-34)33-23-19-30(20-24-33)31-21-25-35(26-22-31)46-51-43-37-16-8-7-15-36(37)42-38(17-9-28-48-42)44(43)52(46)41-18-10-27-47-41/h1-29,45-47,50-51H. The maximum Gasteiger partial charge on any atom is 0.145 e. The SMILES string of the molecule is C1=C(c2ccc(-c3ccc(C4Nc5c(c6cccnc6c6ccccc56)N4c4ccc[nH]4)cc3)cc2)NC(c2ccccc2)N=C1c1ccccc1. The minimum atomic E-state index is -0.170. The quantitative estimate of drug-likeness (QED) is 0.154. The summed E-state index contributed by atoms with van der Waals surface area (Å²) in [5, 5.41) is 11.0. The van der Waals surface area contributed by atoms with Crippen LogP contribution in [0.1, 0.15) is 34.6 Å². The lowest BCUT2D eigenvalue weighted by atomic mass is 9.98. The second kappa shape index (κ2) is 12.4. The van der Waals surface area contributed by atoms with Crippen LogP contribution < -0.4 is 15.5 Å². The van der Waals surface area contributed by atoms with Crippen LogP contribution in [0.5, 0.6) is 0 Å². The molecule has 2 aliphatic heterocycles. The van der Waals surface area contributed by atoms with Gasteiger partial charge in [-0.15, -0.1) is 0 Å². The van der Waals surface area contributed by atoms with Crippen molar-refractivity contribution >= 4 is 50.3 Å². The Bertz CT molecular complexity index is 2610. The molecule has 6 aromatic carbocycles. The highest BCUT2D eigenvalue weighted by molar-refractivity contribution is 6.20. The molecule has 2 unspecified atom stereocenters. The van der Waals surface area contributed by atoms with Crippen LogP contribution in [0.4, 0.5) is 17.2 Å². The lowest BCUT2D eigenvalue weighted by Crippen LogP contribution is -2.24. The van der Waals surface area contributed by atoms with E-state index in [0.717, 1.165) is 72.7 Å². The Labute approximate surface area is 301 Å². The number of allylic oxidation sites excluding steroid dienone is 1. The van der Waals surface area contributed by atoms with Crippen molar-refractivity contribution < 1.29 is 0 Å². The molecule has 0 bridgehead atoms. The third kappa shape index (κ3) is 5.12. The number of hydrogen-bond donors (Lipinski definition) is 3. The summed E-state index contributed by atoms with van der Waals surface area (Å²) in [6.07, 6.45) is 5.74. The van der Waals surface area contributed by atoms with Gasteiger partial charge in [0.05, 0.1) is 22.6 Å². The van der Waals surface area contributed by atoms with Crippen LogP contribution in [0.25, 0.3) is 38.5 Å². The van der Waals surface area contributed by atoms with Crippen molar-refractivity contribution in [3.63, 3.8) is 0 Å². The molecule has 3 N–H and O–H groups in total. The number of nitrogens with one attached hydrogen (secondary N) is 3. The molecule has 52 heavy (non-hydrogen) atoms. The molecule has 6 heteroatoms. The van der Waals surface area contributed by atoms with E-state index < -0.39 is 0 Å². The highest BCUT2D eigenvalue weighted by Crippen LogP contribution is 2.52. The van der Waals surface area contributed by atoms with Crippen molar-refractivity contribution in [2.24, 2.45) is 4.99 Å². The van der Waals surface area contributed by atoms with Crippen LogP contribution >= 0.6 is 0 Å². The molecular weight excluding hydrogens is 637 g/mol. The Kier molecular flexibility index (Phi) is 7.17. The van der Waals surface area contributed by atoms with Gasteiger partial charge in [-0.25, -0.2) is 0 Å². The van der Waals surface area contributed by atoms with Crippen molar-refractivity contribution in [2.75, 3.05) is 10.2 Å². The number of nitrogens with zero attached hydrogens (tertiary/aromatic N) is 3. The molecule has 8 aromatic rings. The summed E-state index contributed by atoms with van der Waals surface area (Å²) in [5.74, 6) is 1.02. The van der Waals surface area contributed by atoms with Crippen LogP contribution in [0.15, 0.2) is 181 Å². The number of aromatic nitrogens is 2. The van der Waals surface area contributed by atoms with Gasteiger partial charge in [-0.05, 0) is 63.7 Å². The smallest absolute Gasteiger partial charge is 0.145 e. The molecule has 248 valence electrons. The Morgan fingerprint density at radius 3 is 1.94 bits per heavy atom. The number of anilines is 3. The molecule has 0 spiro atoms. The first-order chi connectivity index (χ1) is 25.8. The average molecular weight is 671 g/mol. The molecule has 2 atom stereocenters. The van der Waals surface area contributed by atoms with Gasteiger partial charge >= 0.3 is 0 Å². The molecule has 2 aromatic heterocycles. The fourth-order valence-corrected chi connectivity index (χ4v) is 7.63. The molecule has 10 rings (SSSR count). The van der Waals surface area contributed by atoms with Crippen LogP contribution in [0, 0.1) is 0 Å². The van der Waals surface area contributed by atoms with E-state index in [-0.39, 0.29) is 12.3 Å². The number of pyridine rings is 1. The Morgan fingerprint density at radius 1 is 0.519 bits per heavy atom. The molecule has 0 radical (unpaired) electrons. The van der Waals surface area contributed by atoms with Gasteiger partial charge in [0.2, 0.25) is 0 Å². The van der Waals surface area contributed by atoms with E-state index in [9.17, 15) is 0 Å². The maximum atomic E-state index is 5.08. The fourth-order valence-electron chi connectivity index (χ4n) is 7.63. The zero-order valence-corrected chi connectivity index (χ0v) is 28.2. The Hall–Kier alpha value is -6.92. The Balaban J connectivity index is 0.971. The first kappa shape index (κ1) is 29.9. The zero-order chi connectivity index (χ0) is 34.4. The Morgan fingerprint density at radius 2 is 1.19 bits per heavy atom. The molecular formula is C46H34N6. The maximum absolute atomic E-state index is 5.08. The number of aliphatic imine (C=N–C) groups is 1. The normalized spacial score (nSPS) is 16.6. The largest absolute Gasteiger partial charge is 0.360 e. The first-order valence-electron chi connectivity index (χ1n) is 17.6. The topological polar surface area (TPSA) is 68.3 Å². The highest BCUT2D eigenvalue weighted by atomic mass is 15.4. The number of fused-ring (bicyclic) bond motifs is 6. The molecule has 0 amide bonds. The zero-order valence-electron chi connectivity index (χ0n) is 28.2. The highest BCUT2D eigenvalue weighted by Gasteiger charge is 2.35. The average Bonchev–Trinajstić information content (AvgIpc) is 3.91. The van der Waals surface area contributed by atoms with Gasteiger partial charge in [-0.3, -0.25) is 9.98 Å². The predicted octanol–water partition coefficient (Wildman–Crippen LogP) is 10.8. The lowest BCUT2D eigenvalue weighted by molar-refractivity contribution is 0.664. The van der Waals surface area contributed by atoms with Crippen molar-refractivity contribution in [3.05, 3.63) is 198 Å². The van der Waals surface area contributed by atoms with Gasteiger partial charge < -0.3 is 20.5 Å². The molecule has 0 aliphatic carbocycles. The second-order valence-electron chi connectivity index (χ2n) is 13.2. The number of rotatable bonds is 6. The summed E-state index contributed by atoms with van der Waals surface area (Å²) in [4.78, 5) is 15.8. The van der Waals surface area contributed by atoms with Crippen molar-refractivity contribution in [1.82, 2.24) is 15.3 Å². The van der Waals surface area contributed by atoms with E-state index in [1.165, 1.54) is 10.9 Å². The second-order valence-corrected chi connectivity index (χ2v) is 13.2. The number of aromatic amines is 1. The van der Waals surface area contributed by atoms with Gasteiger partial charge in [0.1, 0.15) is 18.1 Å². The summed E-state index contributed by atoms with van der Waals surface area (Å²) in [7, 11) is 0. The molecule has 2 aliphatic rings. The predicted molar refractivity (Wildman–Crippen MR) is 214 cm³/mol. The number of benzene rings is 6. The minimum Gasteiger partial charge on any atom is -0.360 e. The van der Waals surface area contributed by atoms with E-state index in [4.69, 9.17) is 9.98 Å². The van der Waals surface area contributed by atoms with Gasteiger partial charge in [-0.1, -0.05) is 133 Å². The first-order valence-corrected chi connectivity index (χ1v) is 17.6. The van der Waals surface area contributed by atoms with Crippen LogP contribution in [-0.2, 0) is 0 Å². The molecule has 0 saturated carbocycles. The van der Waals surface area contributed by atoms with Crippen LogP contribution in [-0.4, -0.2) is 15.7 Å². The van der Waals surface area contributed by atoms with E-state index in [2.05, 4.69) is 166 Å². The third-order valence-electron chi connectivity index (χ3n) is 10.2. The van der Waals surface area contributed by atoms with Gasteiger partial charge in [0.25, 0.3) is 0 Å². The summed E-state index contributed by atoms with van der Waals surface area (Å²) >= 11 is 0. The molecule has 6 nitrogen and oxygen atoms in total. The monoisotopic (exact) mass is 670 g/mol. The summed E-state index contributed by atoms with van der Waals surface area (Å²) < 4.78 is 0. The summed E-state index contributed by atoms with van der Waals surface area (Å²) in [6, 6.07) is 55.5. The van der Waals surface area contributed by atoms with E-state index in [1.54, 1.807) is 0 Å². The van der Waals surface area contributed by atoms with Gasteiger partial charge in [-0.2, -0.15) is 0 Å². The fraction of sp³-hybridized carbons (Fsp3) is 0.0435. The summed E-state index contributed by atoms with van der Waals surface area (Å²) in [6.45, 7) is 0. The number of hydrogen-bond acceptors (Lipinski definition) is 5.